The molecule has 174 valence electrons. The summed E-state index contributed by atoms with van der Waals surface area (Å²) in [5.74, 6) is -1.14. The fourth-order valence-corrected chi connectivity index (χ4v) is 4.38. The summed E-state index contributed by atoms with van der Waals surface area (Å²) < 4.78 is 5.38. The van der Waals surface area contributed by atoms with Gasteiger partial charge in [0.05, 0.1) is 30.0 Å². The first-order valence-corrected chi connectivity index (χ1v) is 11.4. The zero-order valence-corrected chi connectivity index (χ0v) is 19.6. The highest BCUT2D eigenvalue weighted by molar-refractivity contribution is 7.14. The van der Waals surface area contributed by atoms with Crippen molar-refractivity contribution in [3.8, 4) is 0 Å². The number of amides is 4. The maximum absolute atomic E-state index is 12.6. The molecule has 0 unspecified atom stereocenters. The van der Waals surface area contributed by atoms with Gasteiger partial charge in [-0.1, -0.05) is 29.8 Å². The standard InChI is InChI=1S/C23H19ClN4O5S/c1-14(29)28(19-7-3-6-17(24)9-19)23-26-18(13-34-23)12-33-21(31)16-5-2-4-15(8-16)11-27-20(30)10-25-22(27)32/h2-9,13H,10-12H2,1H3,(H,25,32). The number of hydrogen-bond acceptors (Lipinski definition) is 7. The lowest BCUT2D eigenvalue weighted by atomic mass is 10.1. The highest BCUT2D eigenvalue weighted by Crippen LogP contribution is 2.30. The van der Waals surface area contributed by atoms with Crippen molar-refractivity contribution in [2.45, 2.75) is 20.1 Å². The third kappa shape index (κ3) is 5.24. The number of nitrogens with zero attached hydrogens (tertiary/aromatic N) is 3. The summed E-state index contributed by atoms with van der Waals surface area (Å²) in [4.78, 5) is 55.2. The van der Waals surface area contributed by atoms with E-state index >= 15 is 0 Å². The molecule has 0 spiro atoms. The number of nitrogens with one attached hydrogen (secondary N) is 1. The van der Waals surface area contributed by atoms with Gasteiger partial charge < -0.3 is 10.1 Å². The van der Waals surface area contributed by atoms with Crippen LogP contribution in [0.15, 0.2) is 53.9 Å². The van der Waals surface area contributed by atoms with Gasteiger partial charge in [0.2, 0.25) is 11.8 Å². The van der Waals surface area contributed by atoms with Crippen LogP contribution in [0, 0.1) is 0 Å². The topological polar surface area (TPSA) is 109 Å². The zero-order chi connectivity index (χ0) is 24.2. The van der Waals surface area contributed by atoms with E-state index in [9.17, 15) is 19.2 Å². The lowest BCUT2D eigenvalue weighted by Crippen LogP contribution is -2.30. The highest BCUT2D eigenvalue weighted by Gasteiger charge is 2.28. The number of urea groups is 1. The normalized spacial score (nSPS) is 13.1. The van der Waals surface area contributed by atoms with Crippen molar-refractivity contribution in [2.24, 2.45) is 0 Å². The molecular weight excluding hydrogens is 480 g/mol. The van der Waals surface area contributed by atoms with Gasteiger partial charge in [-0.2, -0.15) is 0 Å². The number of carbonyl (C=O) groups is 4. The van der Waals surface area contributed by atoms with E-state index in [4.69, 9.17) is 16.3 Å². The first-order chi connectivity index (χ1) is 16.3. The number of benzene rings is 2. The van der Waals surface area contributed by atoms with Crippen molar-refractivity contribution in [3.05, 3.63) is 75.8 Å². The van der Waals surface area contributed by atoms with Gasteiger partial charge in [0.25, 0.3) is 0 Å². The molecule has 11 heteroatoms. The second-order valence-corrected chi connectivity index (χ2v) is 8.64. The Balaban J connectivity index is 1.41. The van der Waals surface area contributed by atoms with E-state index in [-0.39, 0.29) is 37.1 Å². The van der Waals surface area contributed by atoms with Gasteiger partial charge in [0, 0.05) is 17.3 Å². The average molecular weight is 499 g/mol. The van der Waals surface area contributed by atoms with Gasteiger partial charge in [-0.3, -0.25) is 19.4 Å². The second-order valence-electron chi connectivity index (χ2n) is 7.37. The van der Waals surface area contributed by atoms with Gasteiger partial charge in [-0.25, -0.2) is 14.6 Å². The molecule has 1 aliphatic rings. The number of ether oxygens (including phenoxy) is 1. The molecule has 2 aromatic carbocycles. The summed E-state index contributed by atoms with van der Waals surface area (Å²) in [6.07, 6.45) is 0. The lowest BCUT2D eigenvalue weighted by Gasteiger charge is -2.18. The predicted molar refractivity (Wildman–Crippen MR) is 126 cm³/mol. The van der Waals surface area contributed by atoms with Crippen LogP contribution in [0.5, 0.6) is 0 Å². The first kappa shape index (κ1) is 23.4. The van der Waals surface area contributed by atoms with Gasteiger partial charge in [0.15, 0.2) is 5.13 Å². The maximum Gasteiger partial charge on any atom is 0.338 e. The SMILES string of the molecule is CC(=O)N(c1cccc(Cl)c1)c1nc(COC(=O)c2cccc(CN3C(=O)CNC3=O)c2)cs1. The summed E-state index contributed by atoms with van der Waals surface area (Å²) >= 11 is 7.29. The number of halogens is 1. The van der Waals surface area contributed by atoms with Crippen molar-refractivity contribution in [1.29, 1.82) is 0 Å². The molecule has 1 N–H and O–H groups in total. The summed E-state index contributed by atoms with van der Waals surface area (Å²) in [5, 5.41) is 5.08. The number of thiazole rings is 1. The van der Waals surface area contributed by atoms with Crippen molar-refractivity contribution >= 4 is 57.6 Å². The number of aromatic nitrogens is 1. The minimum atomic E-state index is -0.577. The zero-order valence-electron chi connectivity index (χ0n) is 18.0. The van der Waals surface area contributed by atoms with E-state index in [1.807, 2.05) is 0 Å². The van der Waals surface area contributed by atoms with Gasteiger partial charge in [-0.15, -0.1) is 11.3 Å². The molecule has 1 saturated heterocycles. The summed E-state index contributed by atoms with van der Waals surface area (Å²) in [7, 11) is 0. The Morgan fingerprint density at radius 2 is 2.00 bits per heavy atom. The minimum absolute atomic E-state index is 0.0332. The van der Waals surface area contributed by atoms with E-state index in [2.05, 4.69) is 10.3 Å². The Bertz CT molecular complexity index is 1260. The number of rotatable bonds is 7. The number of anilines is 2. The molecule has 0 atom stereocenters. The van der Waals surface area contributed by atoms with E-state index in [0.717, 1.165) is 4.90 Å². The maximum atomic E-state index is 12.6. The number of esters is 1. The van der Waals surface area contributed by atoms with Crippen LogP contribution < -0.4 is 10.2 Å². The lowest BCUT2D eigenvalue weighted by molar-refractivity contribution is -0.125. The molecule has 0 aliphatic carbocycles. The number of imide groups is 1. The number of carbonyl (C=O) groups excluding carboxylic acids is 4. The van der Waals surface area contributed by atoms with Gasteiger partial charge in [0.1, 0.15) is 6.61 Å². The molecule has 4 rings (SSSR count). The molecule has 2 heterocycles. The third-order valence-electron chi connectivity index (χ3n) is 4.90. The molecule has 0 bridgehead atoms. The summed E-state index contributed by atoms with van der Waals surface area (Å²) in [6.45, 7) is 1.36. The van der Waals surface area contributed by atoms with Crippen LogP contribution in [0.25, 0.3) is 0 Å². The van der Waals surface area contributed by atoms with Gasteiger partial charge in [-0.05, 0) is 35.9 Å². The first-order valence-electron chi connectivity index (χ1n) is 10.2. The Morgan fingerprint density at radius 3 is 2.71 bits per heavy atom. The van der Waals surface area contributed by atoms with Crippen molar-refractivity contribution in [2.75, 3.05) is 11.4 Å². The monoisotopic (exact) mass is 498 g/mol. The third-order valence-corrected chi connectivity index (χ3v) is 6.01. The fourth-order valence-electron chi connectivity index (χ4n) is 3.32. The molecule has 9 nitrogen and oxygen atoms in total. The van der Waals surface area contributed by atoms with Crippen LogP contribution >= 0.6 is 22.9 Å². The quantitative estimate of drug-likeness (QED) is 0.391. The molecular formula is C23H19ClN4O5S. The smallest absolute Gasteiger partial charge is 0.338 e. The average Bonchev–Trinajstić information content (AvgIpc) is 3.39. The van der Waals surface area contributed by atoms with E-state index in [0.29, 0.717) is 27.1 Å². The Labute approximate surface area is 203 Å². The molecule has 1 fully saturated rings. The van der Waals surface area contributed by atoms with Crippen LogP contribution in [-0.4, -0.2) is 40.2 Å². The summed E-state index contributed by atoms with van der Waals surface area (Å²) in [5.41, 5.74) is 1.97. The Morgan fingerprint density at radius 1 is 1.21 bits per heavy atom. The molecule has 4 amide bonds. The van der Waals surface area contributed by atoms with Crippen LogP contribution in [0.1, 0.15) is 28.5 Å². The van der Waals surface area contributed by atoms with E-state index in [1.54, 1.807) is 53.9 Å². The van der Waals surface area contributed by atoms with E-state index < -0.39 is 12.0 Å². The van der Waals surface area contributed by atoms with Crippen molar-refractivity contribution in [1.82, 2.24) is 15.2 Å². The highest BCUT2D eigenvalue weighted by atomic mass is 35.5. The van der Waals surface area contributed by atoms with Crippen LogP contribution in [-0.2, 0) is 27.5 Å². The van der Waals surface area contributed by atoms with Gasteiger partial charge >= 0.3 is 12.0 Å². The minimum Gasteiger partial charge on any atom is -0.456 e. The largest absolute Gasteiger partial charge is 0.456 e. The Kier molecular flexibility index (Phi) is 6.90. The van der Waals surface area contributed by atoms with Crippen LogP contribution in [0.2, 0.25) is 5.02 Å². The molecule has 34 heavy (non-hydrogen) atoms. The van der Waals surface area contributed by atoms with E-state index in [1.165, 1.54) is 23.2 Å². The molecule has 3 aromatic rings. The van der Waals surface area contributed by atoms with Crippen LogP contribution in [0.3, 0.4) is 0 Å². The second kappa shape index (κ2) is 10.0. The molecule has 1 aliphatic heterocycles. The number of hydrogen-bond donors (Lipinski definition) is 1. The van der Waals surface area contributed by atoms with Crippen molar-refractivity contribution in [3.63, 3.8) is 0 Å². The fraction of sp³-hybridized carbons (Fsp3) is 0.174. The molecule has 1 aromatic heterocycles. The summed E-state index contributed by atoms with van der Waals surface area (Å²) in [6, 6.07) is 12.9. The van der Waals surface area contributed by atoms with Crippen molar-refractivity contribution < 1.29 is 23.9 Å². The Hall–Kier alpha value is -3.76. The molecule has 0 radical (unpaired) electrons. The predicted octanol–water partition coefficient (Wildman–Crippen LogP) is 3.89. The van der Waals surface area contributed by atoms with Crippen LogP contribution in [0.4, 0.5) is 15.6 Å². The molecule has 0 saturated carbocycles.